The maximum Gasteiger partial charge on any atom is 0.238 e. The van der Waals surface area contributed by atoms with Gasteiger partial charge in [0.1, 0.15) is 0 Å². The van der Waals surface area contributed by atoms with Gasteiger partial charge in [0.2, 0.25) is 5.91 Å². The van der Waals surface area contributed by atoms with Crippen LogP contribution in [0.25, 0.3) is 0 Å². The Morgan fingerprint density at radius 1 is 1.29 bits per heavy atom. The van der Waals surface area contributed by atoms with E-state index in [4.69, 9.17) is 0 Å². The molecule has 0 spiro atoms. The quantitative estimate of drug-likeness (QED) is 0.894. The van der Waals surface area contributed by atoms with Gasteiger partial charge < -0.3 is 10.6 Å². The first-order valence-electron chi connectivity index (χ1n) is 7.96. The number of anilines is 1. The highest BCUT2D eigenvalue weighted by molar-refractivity contribution is 5.93. The predicted octanol–water partition coefficient (Wildman–Crippen LogP) is 2.07. The minimum Gasteiger partial charge on any atom is -0.325 e. The number of aryl methyl sites for hydroxylation is 1. The number of carbonyl (C=O) groups excluding carboxylic acids is 1. The summed E-state index contributed by atoms with van der Waals surface area (Å²) in [6, 6.07) is 7.29. The second-order valence-corrected chi connectivity index (χ2v) is 6.46. The van der Waals surface area contributed by atoms with E-state index in [0.29, 0.717) is 18.6 Å². The molecule has 0 aliphatic carbocycles. The number of fused-ring (bicyclic) bond motifs is 2. The molecule has 2 heterocycles. The van der Waals surface area contributed by atoms with Gasteiger partial charge in [-0.15, -0.1) is 0 Å². The summed E-state index contributed by atoms with van der Waals surface area (Å²) in [7, 11) is 0. The molecular weight excluding hydrogens is 262 g/mol. The fraction of sp³-hybridized carbons (Fsp3) is 0.588. The summed E-state index contributed by atoms with van der Waals surface area (Å²) in [6.07, 6.45) is 3.71. The molecular formula is C17H25N3O. The van der Waals surface area contributed by atoms with Gasteiger partial charge in [-0.05, 0) is 50.3 Å². The summed E-state index contributed by atoms with van der Waals surface area (Å²) in [5.41, 5.74) is 3.31. The Balaban J connectivity index is 1.57. The average Bonchev–Trinajstić information content (AvgIpc) is 2.78. The van der Waals surface area contributed by atoms with Gasteiger partial charge in [-0.2, -0.15) is 0 Å². The van der Waals surface area contributed by atoms with E-state index < -0.39 is 0 Å². The highest BCUT2D eigenvalue weighted by Gasteiger charge is 2.29. The van der Waals surface area contributed by atoms with Crippen molar-refractivity contribution >= 4 is 11.6 Å². The maximum absolute atomic E-state index is 12.3. The number of amides is 1. The molecule has 2 unspecified atom stereocenters. The third-order valence-corrected chi connectivity index (χ3v) is 4.85. The van der Waals surface area contributed by atoms with Crippen LogP contribution in [0.2, 0.25) is 0 Å². The molecule has 2 atom stereocenters. The normalized spacial score (nSPS) is 25.6. The summed E-state index contributed by atoms with van der Waals surface area (Å²) < 4.78 is 0. The SMILES string of the molecule is Cc1cccc(NC(=O)CN2CCC3CCC(C2)N3)c1C. The summed E-state index contributed by atoms with van der Waals surface area (Å²) in [5.74, 6) is 0.0986. The van der Waals surface area contributed by atoms with E-state index in [-0.39, 0.29) is 5.91 Å². The molecule has 2 aliphatic heterocycles. The lowest BCUT2D eigenvalue weighted by Crippen LogP contribution is -2.39. The van der Waals surface area contributed by atoms with E-state index in [0.717, 1.165) is 30.8 Å². The molecule has 1 aromatic carbocycles. The second kappa shape index (κ2) is 6.16. The highest BCUT2D eigenvalue weighted by atomic mass is 16.2. The Morgan fingerprint density at radius 3 is 2.95 bits per heavy atom. The Morgan fingerprint density at radius 2 is 2.10 bits per heavy atom. The summed E-state index contributed by atoms with van der Waals surface area (Å²) in [6.45, 7) is 6.64. The number of carbonyl (C=O) groups is 1. The topological polar surface area (TPSA) is 44.4 Å². The smallest absolute Gasteiger partial charge is 0.238 e. The van der Waals surface area contributed by atoms with E-state index in [2.05, 4.69) is 35.4 Å². The molecule has 2 saturated heterocycles. The Kier molecular flexibility index (Phi) is 4.27. The van der Waals surface area contributed by atoms with Crippen LogP contribution in [-0.2, 0) is 4.79 Å². The van der Waals surface area contributed by atoms with E-state index >= 15 is 0 Å². The van der Waals surface area contributed by atoms with Crippen molar-refractivity contribution in [2.24, 2.45) is 0 Å². The zero-order valence-corrected chi connectivity index (χ0v) is 13.0. The largest absolute Gasteiger partial charge is 0.325 e. The number of rotatable bonds is 3. The van der Waals surface area contributed by atoms with Crippen LogP contribution < -0.4 is 10.6 Å². The minimum atomic E-state index is 0.0986. The fourth-order valence-electron chi connectivity index (χ4n) is 3.44. The molecule has 21 heavy (non-hydrogen) atoms. The number of hydrogen-bond donors (Lipinski definition) is 2. The van der Waals surface area contributed by atoms with Crippen molar-refractivity contribution in [2.45, 2.75) is 45.2 Å². The number of nitrogens with zero attached hydrogens (tertiary/aromatic N) is 1. The Hall–Kier alpha value is -1.39. The molecule has 0 aromatic heterocycles. The fourth-order valence-corrected chi connectivity index (χ4v) is 3.44. The number of likely N-dealkylation sites (tertiary alicyclic amines) is 1. The first kappa shape index (κ1) is 14.5. The van der Waals surface area contributed by atoms with Crippen LogP contribution in [0.4, 0.5) is 5.69 Å². The molecule has 2 fully saturated rings. The van der Waals surface area contributed by atoms with Crippen molar-refractivity contribution in [3.63, 3.8) is 0 Å². The lowest BCUT2D eigenvalue weighted by molar-refractivity contribution is -0.117. The molecule has 114 valence electrons. The molecule has 2 N–H and O–H groups in total. The van der Waals surface area contributed by atoms with Crippen LogP contribution in [0.1, 0.15) is 30.4 Å². The van der Waals surface area contributed by atoms with Gasteiger partial charge in [-0.3, -0.25) is 9.69 Å². The molecule has 4 nitrogen and oxygen atoms in total. The van der Waals surface area contributed by atoms with Crippen molar-refractivity contribution in [1.82, 2.24) is 10.2 Å². The van der Waals surface area contributed by atoms with Gasteiger partial charge >= 0.3 is 0 Å². The summed E-state index contributed by atoms with van der Waals surface area (Å²) in [4.78, 5) is 14.6. The predicted molar refractivity (Wildman–Crippen MR) is 85.5 cm³/mol. The van der Waals surface area contributed by atoms with E-state index in [1.807, 2.05) is 12.1 Å². The molecule has 2 bridgehead atoms. The van der Waals surface area contributed by atoms with Crippen molar-refractivity contribution in [3.05, 3.63) is 29.3 Å². The van der Waals surface area contributed by atoms with Gasteiger partial charge in [-0.1, -0.05) is 12.1 Å². The van der Waals surface area contributed by atoms with Gasteiger partial charge in [0.15, 0.2) is 0 Å². The summed E-state index contributed by atoms with van der Waals surface area (Å²) in [5, 5.41) is 6.71. The maximum atomic E-state index is 12.3. The van der Waals surface area contributed by atoms with Crippen molar-refractivity contribution < 1.29 is 4.79 Å². The molecule has 0 saturated carbocycles. The molecule has 2 aliphatic rings. The molecule has 0 radical (unpaired) electrons. The van der Waals surface area contributed by atoms with E-state index in [1.165, 1.54) is 18.4 Å². The minimum absolute atomic E-state index is 0.0986. The summed E-state index contributed by atoms with van der Waals surface area (Å²) >= 11 is 0. The number of hydrogen-bond acceptors (Lipinski definition) is 3. The Labute approximate surface area is 126 Å². The first-order valence-corrected chi connectivity index (χ1v) is 7.96. The van der Waals surface area contributed by atoms with Gasteiger partial charge in [0.05, 0.1) is 6.54 Å². The van der Waals surface area contributed by atoms with Crippen molar-refractivity contribution in [3.8, 4) is 0 Å². The molecule has 1 amide bonds. The zero-order valence-electron chi connectivity index (χ0n) is 13.0. The van der Waals surface area contributed by atoms with Crippen molar-refractivity contribution in [2.75, 3.05) is 25.0 Å². The van der Waals surface area contributed by atoms with Crippen LogP contribution in [-0.4, -0.2) is 42.5 Å². The second-order valence-electron chi connectivity index (χ2n) is 6.46. The van der Waals surface area contributed by atoms with Gasteiger partial charge in [-0.25, -0.2) is 0 Å². The first-order chi connectivity index (χ1) is 10.1. The van der Waals surface area contributed by atoms with Crippen LogP contribution >= 0.6 is 0 Å². The standard InChI is InChI=1S/C17H25N3O/c1-12-4-3-5-16(13(12)2)19-17(21)11-20-9-8-14-6-7-15(10-20)18-14/h3-5,14-15,18H,6-11H2,1-2H3,(H,19,21). The van der Waals surface area contributed by atoms with Crippen LogP contribution in [0, 0.1) is 13.8 Å². The third kappa shape index (κ3) is 3.44. The Bertz CT molecular complexity index is 529. The average molecular weight is 287 g/mol. The van der Waals surface area contributed by atoms with Crippen LogP contribution in [0.3, 0.4) is 0 Å². The highest BCUT2D eigenvalue weighted by Crippen LogP contribution is 2.21. The monoisotopic (exact) mass is 287 g/mol. The third-order valence-electron chi connectivity index (χ3n) is 4.85. The van der Waals surface area contributed by atoms with Crippen LogP contribution in [0.15, 0.2) is 18.2 Å². The molecule has 4 heteroatoms. The lowest BCUT2D eigenvalue weighted by Gasteiger charge is -2.23. The van der Waals surface area contributed by atoms with E-state index in [9.17, 15) is 4.79 Å². The molecule has 1 aromatic rings. The lowest BCUT2D eigenvalue weighted by atomic mass is 10.1. The van der Waals surface area contributed by atoms with Gasteiger partial charge in [0.25, 0.3) is 0 Å². The van der Waals surface area contributed by atoms with Gasteiger partial charge in [0, 0.05) is 30.9 Å². The number of benzene rings is 1. The van der Waals surface area contributed by atoms with Crippen LogP contribution in [0.5, 0.6) is 0 Å². The van der Waals surface area contributed by atoms with Crippen molar-refractivity contribution in [1.29, 1.82) is 0 Å². The van der Waals surface area contributed by atoms with E-state index in [1.54, 1.807) is 0 Å². The zero-order chi connectivity index (χ0) is 14.8. The molecule has 3 rings (SSSR count). The number of nitrogens with one attached hydrogen (secondary N) is 2.